The molecule has 0 aliphatic carbocycles. The molecular weight excluding hydrogens is 192 g/mol. The molecule has 0 aliphatic heterocycles. The fraction of sp³-hybridized carbons (Fsp3) is 0.250. The van der Waals surface area contributed by atoms with Crippen LogP contribution in [0.2, 0.25) is 0 Å². The molecule has 0 aromatic heterocycles. The molecule has 0 amide bonds. The van der Waals surface area contributed by atoms with Gasteiger partial charge in [0, 0.05) is 12.0 Å². The molecule has 0 bridgehead atoms. The maximum absolute atomic E-state index is 10.6. The Morgan fingerprint density at radius 2 is 2.20 bits per heavy atom. The van der Waals surface area contributed by atoms with Crippen LogP contribution in [-0.2, 0) is 11.2 Å². The normalized spacial score (nSPS) is 9.73. The highest BCUT2D eigenvalue weighted by molar-refractivity contribution is 5.86. The van der Waals surface area contributed by atoms with E-state index < -0.39 is 5.97 Å². The molecule has 15 heavy (non-hydrogen) atoms. The van der Waals surface area contributed by atoms with Crippen molar-refractivity contribution in [3.05, 3.63) is 41.5 Å². The molecule has 0 unspecified atom stereocenters. The summed E-state index contributed by atoms with van der Waals surface area (Å²) < 4.78 is 5.11. The number of hydrogen-bond acceptors (Lipinski definition) is 2. The monoisotopic (exact) mass is 206 g/mol. The molecule has 1 aromatic rings. The van der Waals surface area contributed by atoms with Crippen molar-refractivity contribution in [1.82, 2.24) is 0 Å². The summed E-state index contributed by atoms with van der Waals surface area (Å²) in [7, 11) is 1.61. The fourth-order valence-corrected chi connectivity index (χ4v) is 1.37. The van der Waals surface area contributed by atoms with E-state index in [2.05, 4.69) is 6.58 Å². The lowest BCUT2D eigenvalue weighted by Crippen LogP contribution is -2.02. The predicted octanol–water partition coefficient (Wildman–Crippen LogP) is 2.19. The first-order chi connectivity index (χ1) is 7.04. The second kappa shape index (κ2) is 4.64. The van der Waals surface area contributed by atoms with E-state index in [0.717, 1.165) is 16.9 Å². The highest BCUT2D eigenvalue weighted by Gasteiger charge is 2.06. The Morgan fingerprint density at radius 1 is 1.53 bits per heavy atom. The van der Waals surface area contributed by atoms with Crippen molar-refractivity contribution < 1.29 is 14.6 Å². The minimum absolute atomic E-state index is 0.194. The lowest BCUT2D eigenvalue weighted by atomic mass is 10.0. The van der Waals surface area contributed by atoms with Crippen LogP contribution in [0.15, 0.2) is 30.4 Å². The Labute approximate surface area is 89.0 Å². The lowest BCUT2D eigenvalue weighted by molar-refractivity contribution is -0.132. The van der Waals surface area contributed by atoms with E-state index in [-0.39, 0.29) is 5.57 Å². The van der Waals surface area contributed by atoms with Crippen LogP contribution < -0.4 is 4.74 Å². The average Bonchev–Trinajstić information content (AvgIpc) is 2.18. The van der Waals surface area contributed by atoms with Gasteiger partial charge in [0.1, 0.15) is 5.75 Å². The van der Waals surface area contributed by atoms with Crippen LogP contribution in [0.25, 0.3) is 0 Å². The van der Waals surface area contributed by atoms with Gasteiger partial charge in [0.05, 0.1) is 7.11 Å². The number of aryl methyl sites for hydroxylation is 1. The van der Waals surface area contributed by atoms with E-state index in [1.165, 1.54) is 0 Å². The third kappa shape index (κ3) is 2.84. The molecule has 0 spiro atoms. The van der Waals surface area contributed by atoms with Crippen LogP contribution in [-0.4, -0.2) is 18.2 Å². The molecule has 1 rings (SSSR count). The molecule has 0 heterocycles. The van der Waals surface area contributed by atoms with Gasteiger partial charge in [-0.25, -0.2) is 4.79 Å². The molecule has 80 valence electrons. The van der Waals surface area contributed by atoms with Crippen molar-refractivity contribution >= 4 is 5.97 Å². The van der Waals surface area contributed by atoms with Gasteiger partial charge in [-0.3, -0.25) is 0 Å². The van der Waals surface area contributed by atoms with Gasteiger partial charge in [-0.05, 0) is 24.1 Å². The minimum Gasteiger partial charge on any atom is -0.496 e. The molecule has 0 aliphatic rings. The molecule has 0 atom stereocenters. The summed E-state index contributed by atoms with van der Waals surface area (Å²) in [6, 6.07) is 5.59. The van der Waals surface area contributed by atoms with Crippen molar-refractivity contribution in [2.75, 3.05) is 7.11 Å². The summed E-state index contributed by atoms with van der Waals surface area (Å²) in [5.74, 6) is -0.150. The second-order valence-electron chi connectivity index (χ2n) is 3.39. The van der Waals surface area contributed by atoms with Crippen molar-refractivity contribution in [3.8, 4) is 5.75 Å². The molecular formula is C12H14O3. The summed E-state index contributed by atoms with van der Waals surface area (Å²) >= 11 is 0. The highest BCUT2D eigenvalue weighted by atomic mass is 16.5. The zero-order valence-electron chi connectivity index (χ0n) is 8.91. The van der Waals surface area contributed by atoms with Gasteiger partial charge >= 0.3 is 5.97 Å². The number of hydrogen-bond donors (Lipinski definition) is 1. The maximum Gasteiger partial charge on any atom is 0.331 e. The molecule has 3 heteroatoms. The number of carbonyl (C=O) groups is 1. The van der Waals surface area contributed by atoms with Crippen LogP contribution >= 0.6 is 0 Å². The van der Waals surface area contributed by atoms with Crippen molar-refractivity contribution in [2.45, 2.75) is 13.3 Å². The first kappa shape index (κ1) is 11.3. The van der Waals surface area contributed by atoms with Crippen LogP contribution in [0.4, 0.5) is 0 Å². The lowest BCUT2D eigenvalue weighted by Gasteiger charge is -2.07. The van der Waals surface area contributed by atoms with E-state index in [9.17, 15) is 4.79 Å². The predicted molar refractivity (Wildman–Crippen MR) is 58.2 cm³/mol. The van der Waals surface area contributed by atoms with Crippen molar-refractivity contribution in [1.29, 1.82) is 0 Å². The number of aliphatic carboxylic acids is 1. The Kier molecular flexibility index (Phi) is 3.50. The van der Waals surface area contributed by atoms with Gasteiger partial charge in [-0.2, -0.15) is 0 Å². The van der Waals surface area contributed by atoms with Gasteiger partial charge in [-0.1, -0.05) is 18.7 Å². The Balaban J connectivity index is 2.84. The van der Waals surface area contributed by atoms with Gasteiger partial charge < -0.3 is 9.84 Å². The molecule has 3 nitrogen and oxygen atoms in total. The van der Waals surface area contributed by atoms with Gasteiger partial charge in [-0.15, -0.1) is 0 Å². The number of methoxy groups -OCH3 is 1. The fourth-order valence-electron chi connectivity index (χ4n) is 1.37. The first-order valence-electron chi connectivity index (χ1n) is 4.59. The summed E-state index contributed by atoms with van der Waals surface area (Å²) in [6.07, 6.45) is 0.361. The first-order valence-corrected chi connectivity index (χ1v) is 4.59. The molecule has 0 saturated carbocycles. The smallest absolute Gasteiger partial charge is 0.331 e. The third-order valence-corrected chi connectivity index (χ3v) is 2.18. The Hall–Kier alpha value is -1.77. The van der Waals surface area contributed by atoms with E-state index in [1.54, 1.807) is 7.11 Å². The molecule has 1 N–H and O–H groups in total. The standard InChI is InChI=1S/C12H14O3/c1-8-6-10(4-5-11(8)15-3)7-9(2)12(13)14/h4-6H,2,7H2,1,3H3,(H,13,14). The zero-order chi connectivity index (χ0) is 11.4. The van der Waals surface area contributed by atoms with Crippen molar-refractivity contribution in [3.63, 3.8) is 0 Å². The quantitative estimate of drug-likeness (QED) is 0.768. The van der Waals surface area contributed by atoms with Crippen LogP contribution in [0.3, 0.4) is 0 Å². The SMILES string of the molecule is C=C(Cc1ccc(OC)c(C)c1)C(=O)O. The molecule has 1 aromatic carbocycles. The number of carboxylic acids is 1. The van der Waals surface area contributed by atoms with Crippen molar-refractivity contribution in [2.24, 2.45) is 0 Å². The summed E-state index contributed by atoms with van der Waals surface area (Å²) in [5.41, 5.74) is 2.12. The second-order valence-corrected chi connectivity index (χ2v) is 3.39. The molecule has 0 saturated heterocycles. The number of benzene rings is 1. The molecule has 0 radical (unpaired) electrons. The third-order valence-electron chi connectivity index (χ3n) is 2.18. The zero-order valence-corrected chi connectivity index (χ0v) is 8.91. The Morgan fingerprint density at radius 3 is 2.67 bits per heavy atom. The number of rotatable bonds is 4. The highest BCUT2D eigenvalue weighted by Crippen LogP contribution is 2.19. The average molecular weight is 206 g/mol. The largest absolute Gasteiger partial charge is 0.496 e. The van der Waals surface area contributed by atoms with E-state index in [4.69, 9.17) is 9.84 Å². The van der Waals surface area contributed by atoms with E-state index >= 15 is 0 Å². The van der Waals surface area contributed by atoms with E-state index in [1.807, 2.05) is 25.1 Å². The number of carboxylic acid groups (broad SMARTS) is 1. The minimum atomic E-state index is -0.955. The summed E-state index contributed by atoms with van der Waals surface area (Å²) in [6.45, 7) is 5.41. The maximum atomic E-state index is 10.6. The van der Waals surface area contributed by atoms with E-state index in [0.29, 0.717) is 6.42 Å². The van der Waals surface area contributed by atoms with Gasteiger partial charge in [0.2, 0.25) is 0 Å². The van der Waals surface area contributed by atoms with Crippen LogP contribution in [0.1, 0.15) is 11.1 Å². The van der Waals surface area contributed by atoms with Gasteiger partial charge in [0.25, 0.3) is 0 Å². The van der Waals surface area contributed by atoms with Crippen LogP contribution in [0.5, 0.6) is 5.75 Å². The molecule has 0 fully saturated rings. The number of ether oxygens (including phenoxy) is 1. The summed E-state index contributed by atoms with van der Waals surface area (Å²) in [4.78, 5) is 10.6. The van der Waals surface area contributed by atoms with Crippen LogP contribution in [0, 0.1) is 6.92 Å². The Bertz CT molecular complexity index is 394. The summed E-state index contributed by atoms with van der Waals surface area (Å²) in [5, 5.41) is 8.69. The van der Waals surface area contributed by atoms with Gasteiger partial charge in [0.15, 0.2) is 0 Å². The topological polar surface area (TPSA) is 46.5 Å².